The van der Waals surface area contributed by atoms with E-state index >= 15 is 0 Å². The maximum Gasteiger partial charge on any atom is 0.283 e. The smallest absolute Gasteiger partial charge is 0.283 e. The van der Waals surface area contributed by atoms with Crippen LogP contribution in [0.3, 0.4) is 0 Å². The van der Waals surface area contributed by atoms with Gasteiger partial charge in [0.1, 0.15) is 10.7 Å². The number of rotatable bonds is 6. The van der Waals surface area contributed by atoms with Crippen LogP contribution in [0.5, 0.6) is 0 Å². The zero-order valence-corrected chi connectivity index (χ0v) is 18.9. The van der Waals surface area contributed by atoms with E-state index in [9.17, 15) is 14.4 Å². The molecule has 7 nitrogen and oxygen atoms in total. The van der Waals surface area contributed by atoms with Crippen molar-refractivity contribution in [2.75, 3.05) is 23.4 Å². The van der Waals surface area contributed by atoms with Gasteiger partial charge in [0.2, 0.25) is 0 Å². The molecule has 2 aliphatic rings. The minimum atomic E-state index is -0.714. The van der Waals surface area contributed by atoms with Gasteiger partial charge in [-0.15, -0.1) is 0 Å². The van der Waals surface area contributed by atoms with E-state index in [1.807, 2.05) is 0 Å². The molecule has 1 atom stereocenters. The van der Waals surface area contributed by atoms with Gasteiger partial charge in [-0.3, -0.25) is 14.4 Å². The van der Waals surface area contributed by atoms with Crippen molar-refractivity contribution < 1.29 is 19.1 Å². The monoisotopic (exact) mass is 493 g/mol. The van der Waals surface area contributed by atoms with E-state index in [4.69, 9.17) is 39.5 Å². The molecule has 1 saturated heterocycles. The lowest BCUT2D eigenvalue weighted by atomic mass is 10.1. The number of hydrogen-bond acceptors (Lipinski definition) is 5. The van der Waals surface area contributed by atoms with Gasteiger partial charge in [-0.25, -0.2) is 4.90 Å². The van der Waals surface area contributed by atoms with Crippen molar-refractivity contribution in [1.29, 1.82) is 0 Å². The Morgan fingerprint density at radius 3 is 2.50 bits per heavy atom. The predicted octanol–water partition coefficient (Wildman–Crippen LogP) is 4.34. The molecule has 1 fully saturated rings. The summed E-state index contributed by atoms with van der Waals surface area (Å²) in [5.41, 5.74) is 0.981. The summed E-state index contributed by atoms with van der Waals surface area (Å²) in [6.45, 7) is 1.18. The van der Waals surface area contributed by atoms with Crippen molar-refractivity contribution in [2.24, 2.45) is 0 Å². The number of nitrogens with one attached hydrogen (secondary N) is 2. The standard InChI is InChI=1S/C22H18Cl3N3O4/c23-13-5-8-16(24)17(10-13)28-21(30)18(25)19(22(28)31)27-14-6-3-12(4-7-14)20(29)26-11-15-2-1-9-32-15/h3-8,10,15,27H,1-2,9,11H2,(H,26,29). The molecular weight excluding hydrogens is 477 g/mol. The molecule has 2 aromatic carbocycles. The Morgan fingerprint density at radius 1 is 1.06 bits per heavy atom. The molecule has 3 amide bonds. The van der Waals surface area contributed by atoms with Crippen molar-refractivity contribution in [2.45, 2.75) is 18.9 Å². The predicted molar refractivity (Wildman–Crippen MR) is 123 cm³/mol. The summed E-state index contributed by atoms with van der Waals surface area (Å²) in [4.78, 5) is 38.7. The van der Waals surface area contributed by atoms with E-state index in [2.05, 4.69) is 10.6 Å². The van der Waals surface area contributed by atoms with Crippen LogP contribution in [0.4, 0.5) is 11.4 Å². The molecule has 0 bridgehead atoms. The highest BCUT2D eigenvalue weighted by molar-refractivity contribution is 6.54. The van der Waals surface area contributed by atoms with Gasteiger partial charge in [-0.2, -0.15) is 0 Å². The molecule has 0 spiro atoms. The zero-order chi connectivity index (χ0) is 22.8. The first-order valence-corrected chi connectivity index (χ1v) is 11.0. The normalized spacial score (nSPS) is 18.5. The Bertz CT molecular complexity index is 1110. The number of imide groups is 1. The third-order valence-electron chi connectivity index (χ3n) is 5.11. The highest BCUT2D eigenvalue weighted by Crippen LogP contribution is 2.35. The van der Waals surface area contributed by atoms with Crippen LogP contribution in [0.2, 0.25) is 10.0 Å². The number of anilines is 2. The molecule has 0 saturated carbocycles. The molecule has 2 N–H and O–H groups in total. The first-order chi connectivity index (χ1) is 15.3. The lowest BCUT2D eigenvalue weighted by Gasteiger charge is -2.17. The van der Waals surface area contributed by atoms with Gasteiger partial charge in [0.25, 0.3) is 17.7 Å². The maximum absolute atomic E-state index is 12.9. The second kappa shape index (κ2) is 9.50. The molecule has 0 aromatic heterocycles. The Morgan fingerprint density at radius 2 is 1.81 bits per heavy atom. The molecule has 0 radical (unpaired) electrons. The summed E-state index contributed by atoms with van der Waals surface area (Å²) in [5, 5.41) is 5.92. The van der Waals surface area contributed by atoms with Crippen LogP contribution in [-0.2, 0) is 14.3 Å². The Balaban J connectivity index is 1.45. The van der Waals surface area contributed by atoms with Crippen LogP contribution >= 0.6 is 34.8 Å². The van der Waals surface area contributed by atoms with Gasteiger partial charge < -0.3 is 15.4 Å². The van der Waals surface area contributed by atoms with Gasteiger partial charge in [0.05, 0.1) is 16.8 Å². The van der Waals surface area contributed by atoms with Gasteiger partial charge in [0, 0.05) is 29.4 Å². The van der Waals surface area contributed by atoms with Crippen LogP contribution in [0, 0.1) is 0 Å². The summed E-state index contributed by atoms with van der Waals surface area (Å²) in [7, 11) is 0. The van der Waals surface area contributed by atoms with Crippen molar-refractivity contribution >= 4 is 63.9 Å². The number of carbonyl (C=O) groups excluding carboxylic acids is 3. The van der Waals surface area contributed by atoms with Crippen molar-refractivity contribution in [3.63, 3.8) is 0 Å². The number of ether oxygens (including phenoxy) is 1. The lowest BCUT2D eigenvalue weighted by molar-refractivity contribution is -0.120. The average Bonchev–Trinajstić information content (AvgIpc) is 3.38. The van der Waals surface area contributed by atoms with Crippen molar-refractivity contribution in [3.05, 3.63) is 68.8 Å². The van der Waals surface area contributed by atoms with Crippen LogP contribution in [0.1, 0.15) is 23.2 Å². The molecular formula is C22H18Cl3N3O4. The van der Waals surface area contributed by atoms with Crippen LogP contribution in [-0.4, -0.2) is 37.0 Å². The molecule has 0 aliphatic carbocycles. The Kier molecular flexibility index (Phi) is 6.71. The summed E-state index contributed by atoms with van der Waals surface area (Å²) in [6, 6.07) is 10.9. The highest BCUT2D eigenvalue weighted by atomic mass is 35.5. The summed E-state index contributed by atoms with van der Waals surface area (Å²) in [6.07, 6.45) is 1.99. The second-order valence-electron chi connectivity index (χ2n) is 7.28. The molecule has 1 unspecified atom stereocenters. The first kappa shape index (κ1) is 22.6. The molecule has 2 heterocycles. The molecule has 166 valence electrons. The van der Waals surface area contributed by atoms with E-state index in [1.54, 1.807) is 30.3 Å². The highest BCUT2D eigenvalue weighted by Gasteiger charge is 2.40. The van der Waals surface area contributed by atoms with E-state index < -0.39 is 11.8 Å². The number of halogens is 3. The van der Waals surface area contributed by atoms with Gasteiger partial charge in [-0.1, -0.05) is 34.8 Å². The zero-order valence-electron chi connectivity index (χ0n) is 16.7. The van der Waals surface area contributed by atoms with Crippen LogP contribution in [0.25, 0.3) is 0 Å². The molecule has 2 aliphatic heterocycles. The number of hydrogen-bond donors (Lipinski definition) is 2. The topological polar surface area (TPSA) is 87.7 Å². The van der Waals surface area contributed by atoms with Gasteiger partial charge >= 0.3 is 0 Å². The van der Waals surface area contributed by atoms with E-state index in [1.165, 1.54) is 12.1 Å². The van der Waals surface area contributed by atoms with E-state index in [-0.39, 0.29) is 33.5 Å². The van der Waals surface area contributed by atoms with Crippen LogP contribution in [0.15, 0.2) is 53.2 Å². The fraction of sp³-hybridized carbons (Fsp3) is 0.227. The Hall–Kier alpha value is -2.58. The quantitative estimate of drug-likeness (QED) is 0.584. The SMILES string of the molecule is O=C(NCC1CCCO1)c1ccc(NC2=C(Cl)C(=O)N(c3cc(Cl)ccc3Cl)C2=O)cc1. The average molecular weight is 495 g/mol. The largest absolute Gasteiger partial charge is 0.376 e. The minimum absolute atomic E-state index is 0.0517. The second-order valence-corrected chi connectivity index (χ2v) is 8.50. The number of benzene rings is 2. The van der Waals surface area contributed by atoms with E-state index in [0.29, 0.717) is 22.8 Å². The number of nitrogens with zero attached hydrogens (tertiary/aromatic N) is 1. The molecule has 10 heteroatoms. The third kappa shape index (κ3) is 4.61. The fourth-order valence-electron chi connectivity index (χ4n) is 3.45. The molecule has 4 rings (SSSR count). The summed E-state index contributed by atoms with van der Waals surface area (Å²) >= 11 is 18.3. The number of amides is 3. The van der Waals surface area contributed by atoms with Crippen molar-refractivity contribution in [1.82, 2.24) is 5.32 Å². The van der Waals surface area contributed by atoms with Crippen molar-refractivity contribution in [3.8, 4) is 0 Å². The van der Waals surface area contributed by atoms with Gasteiger partial charge in [-0.05, 0) is 55.3 Å². The number of carbonyl (C=O) groups is 3. The van der Waals surface area contributed by atoms with E-state index in [0.717, 1.165) is 24.3 Å². The summed E-state index contributed by atoms with van der Waals surface area (Å²) in [5.74, 6) is -1.60. The lowest BCUT2D eigenvalue weighted by Crippen LogP contribution is -2.32. The van der Waals surface area contributed by atoms with Crippen LogP contribution < -0.4 is 15.5 Å². The Labute approximate surface area is 199 Å². The first-order valence-electron chi connectivity index (χ1n) is 9.85. The third-order valence-corrected chi connectivity index (χ3v) is 6.01. The fourth-order valence-corrected chi connectivity index (χ4v) is 4.03. The summed E-state index contributed by atoms with van der Waals surface area (Å²) < 4.78 is 5.49. The molecule has 32 heavy (non-hydrogen) atoms. The maximum atomic E-state index is 12.9. The van der Waals surface area contributed by atoms with Gasteiger partial charge in [0.15, 0.2) is 0 Å². The minimum Gasteiger partial charge on any atom is -0.376 e. The molecule has 2 aromatic rings.